The summed E-state index contributed by atoms with van der Waals surface area (Å²) in [5.41, 5.74) is 5.62. The molecule has 0 saturated heterocycles. The Labute approximate surface area is 173 Å². The van der Waals surface area contributed by atoms with Crippen LogP contribution < -0.4 is 0 Å². The van der Waals surface area contributed by atoms with Crippen molar-refractivity contribution >= 4 is 16.3 Å². The Morgan fingerprint density at radius 3 is 2.65 bits per heavy atom. The SMILES string of the molecule is CCCC[N-]Cc1c(C2=CC(CN(C)C)=CC2)ccc2ccccc12.[Ti]. The molecule has 0 fully saturated rings. The summed E-state index contributed by atoms with van der Waals surface area (Å²) in [5, 5.41) is 7.49. The molecule has 0 spiro atoms. The number of allylic oxidation sites excluding steroid dienone is 2. The summed E-state index contributed by atoms with van der Waals surface area (Å²) in [6.45, 7) is 5.01. The van der Waals surface area contributed by atoms with Crippen molar-refractivity contribution in [3.8, 4) is 0 Å². The fourth-order valence-electron chi connectivity index (χ4n) is 3.51. The van der Waals surface area contributed by atoms with Crippen molar-refractivity contribution < 1.29 is 21.7 Å². The van der Waals surface area contributed by atoms with Crippen LogP contribution >= 0.6 is 0 Å². The molecule has 2 aromatic rings. The van der Waals surface area contributed by atoms with Crippen LogP contribution in [0.2, 0.25) is 0 Å². The fraction of sp³-hybridized carbons (Fsp3) is 0.391. The normalized spacial score (nSPS) is 13.7. The van der Waals surface area contributed by atoms with Gasteiger partial charge in [0.05, 0.1) is 0 Å². The Kier molecular flexibility index (Phi) is 8.31. The summed E-state index contributed by atoms with van der Waals surface area (Å²) in [4.78, 5) is 2.23. The average molecular weight is 381 g/mol. The molecule has 0 atom stereocenters. The molecule has 0 bridgehead atoms. The smallest absolute Gasteiger partial charge is 0.0224 e. The number of hydrogen-bond acceptors (Lipinski definition) is 1. The predicted octanol–water partition coefficient (Wildman–Crippen LogP) is 5.79. The molecule has 0 aromatic heterocycles. The van der Waals surface area contributed by atoms with E-state index in [1.165, 1.54) is 45.9 Å². The largest absolute Gasteiger partial charge is 0.658 e. The molecular formula is C23H29N2Ti-. The summed E-state index contributed by atoms with van der Waals surface area (Å²) in [6, 6.07) is 13.3. The first-order valence-corrected chi connectivity index (χ1v) is 9.37. The average Bonchev–Trinajstić information content (AvgIpc) is 3.06. The third kappa shape index (κ3) is 5.17. The molecule has 0 heterocycles. The minimum absolute atomic E-state index is 0. The zero-order chi connectivity index (χ0) is 17.6. The van der Waals surface area contributed by atoms with Crippen LogP contribution in [0.25, 0.3) is 21.7 Å². The van der Waals surface area contributed by atoms with Crippen molar-refractivity contribution in [2.24, 2.45) is 0 Å². The van der Waals surface area contributed by atoms with Gasteiger partial charge in [-0.3, -0.25) is 0 Å². The number of unbranched alkanes of at least 4 members (excludes halogenated alkanes) is 1. The number of fused-ring (bicyclic) bond motifs is 1. The van der Waals surface area contributed by atoms with Crippen molar-refractivity contribution in [2.45, 2.75) is 32.7 Å². The first-order valence-electron chi connectivity index (χ1n) is 9.37. The van der Waals surface area contributed by atoms with Crippen LogP contribution in [-0.2, 0) is 28.3 Å². The van der Waals surface area contributed by atoms with Crippen LogP contribution in [0.15, 0.2) is 54.1 Å². The van der Waals surface area contributed by atoms with Crippen LogP contribution in [0, 0.1) is 0 Å². The number of likely N-dealkylation sites (N-methyl/N-ethyl adjacent to an activating group) is 1. The van der Waals surface area contributed by atoms with E-state index in [4.69, 9.17) is 5.32 Å². The van der Waals surface area contributed by atoms with Gasteiger partial charge in [-0.1, -0.05) is 73.9 Å². The second-order valence-electron chi connectivity index (χ2n) is 7.16. The van der Waals surface area contributed by atoms with Gasteiger partial charge in [0.25, 0.3) is 0 Å². The van der Waals surface area contributed by atoms with E-state index in [0.717, 1.165) is 26.1 Å². The molecule has 1 aliphatic carbocycles. The molecule has 3 rings (SSSR count). The summed E-state index contributed by atoms with van der Waals surface area (Å²) in [6.07, 6.45) is 8.15. The van der Waals surface area contributed by atoms with Crippen LogP contribution in [0.5, 0.6) is 0 Å². The quantitative estimate of drug-likeness (QED) is 0.418. The van der Waals surface area contributed by atoms with Gasteiger partial charge in [0.2, 0.25) is 0 Å². The van der Waals surface area contributed by atoms with E-state index < -0.39 is 0 Å². The minimum Gasteiger partial charge on any atom is -0.658 e. The fourth-order valence-corrected chi connectivity index (χ4v) is 3.51. The molecular weight excluding hydrogens is 352 g/mol. The van der Waals surface area contributed by atoms with Crippen LogP contribution in [0.4, 0.5) is 0 Å². The molecule has 0 saturated carbocycles. The maximum Gasteiger partial charge on any atom is 0.0224 e. The Hall–Kier alpha value is -1.19. The summed E-state index contributed by atoms with van der Waals surface area (Å²) < 4.78 is 0. The van der Waals surface area contributed by atoms with E-state index in [0.29, 0.717) is 0 Å². The first-order chi connectivity index (χ1) is 12.2. The Bertz CT molecular complexity index is 790. The maximum atomic E-state index is 4.83. The van der Waals surface area contributed by atoms with Gasteiger partial charge >= 0.3 is 0 Å². The first kappa shape index (κ1) is 21.1. The number of benzene rings is 2. The third-order valence-corrected chi connectivity index (χ3v) is 4.77. The zero-order valence-corrected chi connectivity index (χ0v) is 17.8. The molecule has 0 radical (unpaired) electrons. The van der Waals surface area contributed by atoms with E-state index in [1.54, 1.807) is 0 Å². The predicted molar refractivity (Wildman–Crippen MR) is 110 cm³/mol. The van der Waals surface area contributed by atoms with Crippen LogP contribution in [0.1, 0.15) is 37.3 Å². The Balaban J connectivity index is 0.00000243. The van der Waals surface area contributed by atoms with Crippen molar-refractivity contribution in [3.63, 3.8) is 0 Å². The molecule has 1 aliphatic rings. The van der Waals surface area contributed by atoms with Gasteiger partial charge in [-0.15, -0.1) is 13.1 Å². The summed E-state index contributed by atoms with van der Waals surface area (Å²) in [7, 11) is 4.25. The van der Waals surface area contributed by atoms with Gasteiger partial charge < -0.3 is 10.2 Å². The zero-order valence-electron chi connectivity index (χ0n) is 16.3. The maximum absolute atomic E-state index is 4.83. The number of rotatable bonds is 8. The molecule has 0 N–H and O–H groups in total. The van der Waals surface area contributed by atoms with E-state index >= 15 is 0 Å². The van der Waals surface area contributed by atoms with Crippen molar-refractivity contribution in [2.75, 3.05) is 27.2 Å². The molecule has 2 aromatic carbocycles. The van der Waals surface area contributed by atoms with Gasteiger partial charge in [-0.2, -0.15) is 0 Å². The van der Waals surface area contributed by atoms with Gasteiger partial charge in [0, 0.05) is 28.3 Å². The second kappa shape index (κ2) is 10.2. The minimum atomic E-state index is 0. The van der Waals surface area contributed by atoms with E-state index in [1.807, 2.05) is 0 Å². The topological polar surface area (TPSA) is 17.3 Å². The number of hydrogen-bond donors (Lipinski definition) is 0. The standard InChI is InChI=1S/C23H29N2.Ti/c1-4-5-14-24-16-23-21-9-7-6-8-19(21)12-13-22(23)20-11-10-18(15-20)17-25(2)3;/h6-10,12-13,15H,4-5,11,14,16-17H2,1-3H3;/q-1;. The molecule has 26 heavy (non-hydrogen) atoms. The molecule has 0 aliphatic heterocycles. The monoisotopic (exact) mass is 381 g/mol. The second-order valence-corrected chi connectivity index (χ2v) is 7.16. The van der Waals surface area contributed by atoms with E-state index in [9.17, 15) is 0 Å². The van der Waals surface area contributed by atoms with E-state index in [2.05, 4.69) is 74.5 Å². The van der Waals surface area contributed by atoms with Gasteiger partial charge in [-0.25, -0.2) is 0 Å². The third-order valence-electron chi connectivity index (χ3n) is 4.77. The van der Waals surface area contributed by atoms with Crippen molar-refractivity contribution in [3.05, 3.63) is 70.6 Å². The van der Waals surface area contributed by atoms with Crippen LogP contribution in [0.3, 0.4) is 0 Å². The van der Waals surface area contributed by atoms with Crippen molar-refractivity contribution in [1.29, 1.82) is 0 Å². The molecule has 2 nitrogen and oxygen atoms in total. The summed E-state index contributed by atoms with van der Waals surface area (Å²) >= 11 is 0. The van der Waals surface area contributed by atoms with Crippen molar-refractivity contribution in [1.82, 2.24) is 4.90 Å². The molecule has 3 heteroatoms. The number of nitrogens with zero attached hydrogens (tertiary/aromatic N) is 2. The van der Waals surface area contributed by atoms with Gasteiger partial charge in [0.1, 0.15) is 0 Å². The molecule has 0 unspecified atom stereocenters. The summed E-state index contributed by atoms with van der Waals surface area (Å²) in [5.74, 6) is 0. The molecule has 136 valence electrons. The van der Waals surface area contributed by atoms with E-state index in [-0.39, 0.29) is 21.7 Å². The molecule has 0 amide bonds. The Morgan fingerprint density at radius 1 is 1.08 bits per heavy atom. The van der Waals surface area contributed by atoms with Gasteiger partial charge in [-0.05, 0) is 48.0 Å². The van der Waals surface area contributed by atoms with Crippen LogP contribution in [-0.4, -0.2) is 32.1 Å². The Morgan fingerprint density at radius 2 is 1.88 bits per heavy atom. The van der Waals surface area contributed by atoms with Gasteiger partial charge in [0.15, 0.2) is 0 Å².